The van der Waals surface area contributed by atoms with Gasteiger partial charge >= 0.3 is 0 Å². The summed E-state index contributed by atoms with van der Waals surface area (Å²) in [7, 11) is 1.59. The zero-order valence-electron chi connectivity index (χ0n) is 12.5. The first-order valence-corrected chi connectivity index (χ1v) is 7.02. The van der Waals surface area contributed by atoms with E-state index in [0.717, 1.165) is 22.0 Å². The van der Waals surface area contributed by atoms with Gasteiger partial charge in [0, 0.05) is 11.5 Å². The number of hydrogen-bond donors (Lipinski definition) is 0. The Morgan fingerprint density at radius 3 is 2.55 bits per heavy atom. The molecule has 0 spiro atoms. The summed E-state index contributed by atoms with van der Waals surface area (Å²) in [6.45, 7) is 2.28. The van der Waals surface area contributed by atoms with Gasteiger partial charge in [0.15, 0.2) is 0 Å². The minimum atomic E-state index is -0.289. The van der Waals surface area contributed by atoms with Crippen LogP contribution in [0.25, 0.3) is 10.9 Å². The average Bonchev–Trinajstić information content (AvgIpc) is 2.52. The maximum Gasteiger partial charge on any atom is 0.251 e. The van der Waals surface area contributed by atoms with Crippen LogP contribution in [0.3, 0.4) is 0 Å². The molecule has 2 aromatic carbocycles. The average molecular weight is 297 g/mol. The van der Waals surface area contributed by atoms with Gasteiger partial charge in [0.2, 0.25) is 0 Å². The molecule has 112 valence electrons. The standard InChI is InChI=1S/C18H16FNO2/c1-12-10-17(21)20(11-13-6-8-14(19)9-7-13)18-15(12)4-3-5-16(18)22-2/h3-10H,11H2,1-2H3. The molecule has 0 aliphatic rings. The molecule has 0 fully saturated rings. The third-order valence-electron chi connectivity index (χ3n) is 3.77. The molecule has 0 saturated heterocycles. The quantitative estimate of drug-likeness (QED) is 0.741. The number of fused-ring (bicyclic) bond motifs is 1. The smallest absolute Gasteiger partial charge is 0.251 e. The number of hydrogen-bond acceptors (Lipinski definition) is 2. The number of ether oxygens (including phenoxy) is 1. The van der Waals surface area contributed by atoms with Crippen LogP contribution in [-0.4, -0.2) is 11.7 Å². The normalized spacial score (nSPS) is 10.9. The van der Waals surface area contributed by atoms with Gasteiger partial charge in [0.05, 0.1) is 19.2 Å². The van der Waals surface area contributed by atoms with Crippen LogP contribution < -0.4 is 10.3 Å². The van der Waals surface area contributed by atoms with Crippen LogP contribution in [0.5, 0.6) is 5.75 Å². The lowest BCUT2D eigenvalue weighted by Gasteiger charge is -2.15. The number of aryl methyl sites for hydroxylation is 1. The molecule has 3 aromatic rings. The largest absolute Gasteiger partial charge is 0.495 e. The van der Waals surface area contributed by atoms with Gasteiger partial charge in [0.1, 0.15) is 11.6 Å². The second-order valence-electron chi connectivity index (χ2n) is 5.23. The molecule has 4 heteroatoms. The van der Waals surface area contributed by atoms with Crippen LogP contribution >= 0.6 is 0 Å². The van der Waals surface area contributed by atoms with E-state index in [2.05, 4.69) is 0 Å². The summed E-state index contributed by atoms with van der Waals surface area (Å²) in [6, 6.07) is 13.5. The Hall–Kier alpha value is -2.62. The van der Waals surface area contributed by atoms with Crippen LogP contribution in [0.4, 0.5) is 4.39 Å². The lowest BCUT2D eigenvalue weighted by Crippen LogP contribution is -2.21. The number of methoxy groups -OCH3 is 1. The second-order valence-corrected chi connectivity index (χ2v) is 5.23. The molecule has 0 radical (unpaired) electrons. The van der Waals surface area contributed by atoms with Crippen LogP contribution in [0.1, 0.15) is 11.1 Å². The minimum absolute atomic E-state index is 0.0983. The number of aromatic nitrogens is 1. The zero-order chi connectivity index (χ0) is 15.7. The lowest BCUT2D eigenvalue weighted by molar-refractivity contribution is 0.417. The molecule has 0 bridgehead atoms. The van der Waals surface area contributed by atoms with E-state index in [1.54, 1.807) is 29.9 Å². The van der Waals surface area contributed by atoms with Gasteiger partial charge < -0.3 is 9.30 Å². The highest BCUT2D eigenvalue weighted by atomic mass is 19.1. The van der Waals surface area contributed by atoms with Crippen LogP contribution in [-0.2, 0) is 6.54 Å². The van der Waals surface area contributed by atoms with Crippen molar-refractivity contribution in [1.29, 1.82) is 0 Å². The predicted molar refractivity (Wildman–Crippen MR) is 85.0 cm³/mol. The number of para-hydroxylation sites is 1. The van der Waals surface area contributed by atoms with E-state index in [0.29, 0.717) is 12.3 Å². The van der Waals surface area contributed by atoms with Gasteiger partial charge in [-0.25, -0.2) is 4.39 Å². The number of halogens is 1. The molecule has 0 saturated carbocycles. The lowest BCUT2D eigenvalue weighted by atomic mass is 10.1. The number of pyridine rings is 1. The van der Waals surface area contributed by atoms with E-state index < -0.39 is 0 Å². The summed E-state index contributed by atoms with van der Waals surface area (Å²) in [6.07, 6.45) is 0. The maximum absolute atomic E-state index is 13.0. The molecular weight excluding hydrogens is 281 g/mol. The van der Waals surface area contributed by atoms with Crippen LogP contribution in [0, 0.1) is 12.7 Å². The molecule has 3 rings (SSSR count). The number of nitrogens with zero attached hydrogens (tertiary/aromatic N) is 1. The van der Waals surface area contributed by atoms with Crippen molar-refractivity contribution in [2.24, 2.45) is 0 Å². The van der Waals surface area contributed by atoms with Crippen LogP contribution in [0.2, 0.25) is 0 Å². The van der Waals surface area contributed by atoms with E-state index in [9.17, 15) is 9.18 Å². The highest BCUT2D eigenvalue weighted by Crippen LogP contribution is 2.26. The molecule has 0 N–H and O–H groups in total. The fourth-order valence-electron chi connectivity index (χ4n) is 2.66. The Morgan fingerprint density at radius 1 is 1.14 bits per heavy atom. The predicted octanol–water partition coefficient (Wildman–Crippen LogP) is 3.51. The monoisotopic (exact) mass is 297 g/mol. The summed E-state index contributed by atoms with van der Waals surface area (Å²) in [5.41, 5.74) is 2.44. The SMILES string of the molecule is COc1cccc2c(C)cc(=O)n(Cc3ccc(F)cc3)c12. The van der Waals surface area contributed by atoms with Crippen molar-refractivity contribution < 1.29 is 9.13 Å². The maximum atomic E-state index is 13.0. The van der Waals surface area contributed by atoms with Gasteiger partial charge in [-0.05, 0) is 36.2 Å². The third kappa shape index (κ3) is 2.48. The molecule has 0 aliphatic carbocycles. The first-order chi connectivity index (χ1) is 10.6. The fraction of sp³-hybridized carbons (Fsp3) is 0.167. The van der Waals surface area contributed by atoms with E-state index in [-0.39, 0.29) is 11.4 Å². The van der Waals surface area contributed by atoms with Gasteiger partial charge in [-0.2, -0.15) is 0 Å². The topological polar surface area (TPSA) is 31.2 Å². The Kier molecular flexibility index (Phi) is 3.67. The zero-order valence-corrected chi connectivity index (χ0v) is 12.5. The van der Waals surface area contributed by atoms with Crippen molar-refractivity contribution >= 4 is 10.9 Å². The molecule has 0 aliphatic heterocycles. The Morgan fingerprint density at radius 2 is 1.86 bits per heavy atom. The molecular formula is C18H16FNO2. The van der Waals surface area contributed by atoms with E-state index in [1.165, 1.54) is 12.1 Å². The molecule has 0 amide bonds. The van der Waals surface area contributed by atoms with Crippen LogP contribution in [0.15, 0.2) is 53.3 Å². The van der Waals surface area contributed by atoms with Crippen molar-refractivity contribution in [2.45, 2.75) is 13.5 Å². The summed E-state index contributed by atoms with van der Waals surface area (Å²) >= 11 is 0. The summed E-state index contributed by atoms with van der Waals surface area (Å²) in [5.74, 6) is 0.364. The molecule has 1 aromatic heterocycles. The Labute approximate surface area is 127 Å². The van der Waals surface area contributed by atoms with Gasteiger partial charge in [-0.3, -0.25) is 4.79 Å². The van der Waals surface area contributed by atoms with Crippen molar-refractivity contribution in [3.8, 4) is 5.75 Å². The minimum Gasteiger partial charge on any atom is -0.495 e. The first-order valence-electron chi connectivity index (χ1n) is 7.02. The summed E-state index contributed by atoms with van der Waals surface area (Å²) < 4.78 is 20.1. The van der Waals surface area contributed by atoms with Gasteiger partial charge in [-0.1, -0.05) is 24.3 Å². The van der Waals surface area contributed by atoms with Gasteiger partial charge in [-0.15, -0.1) is 0 Å². The van der Waals surface area contributed by atoms with Crippen molar-refractivity contribution in [1.82, 2.24) is 4.57 Å². The van der Waals surface area contributed by atoms with E-state index in [4.69, 9.17) is 4.74 Å². The van der Waals surface area contributed by atoms with Gasteiger partial charge in [0.25, 0.3) is 5.56 Å². The van der Waals surface area contributed by atoms with E-state index in [1.807, 2.05) is 25.1 Å². The Balaban J connectivity index is 2.24. The molecule has 0 unspecified atom stereocenters. The highest BCUT2D eigenvalue weighted by molar-refractivity contribution is 5.87. The highest BCUT2D eigenvalue weighted by Gasteiger charge is 2.11. The Bertz CT molecular complexity index is 882. The second kappa shape index (κ2) is 5.64. The summed E-state index contributed by atoms with van der Waals surface area (Å²) in [4.78, 5) is 12.4. The van der Waals surface area contributed by atoms with Crippen molar-refractivity contribution in [3.05, 3.63) is 75.8 Å². The van der Waals surface area contributed by atoms with Crippen molar-refractivity contribution in [2.75, 3.05) is 7.11 Å². The number of rotatable bonds is 3. The molecule has 3 nitrogen and oxygen atoms in total. The van der Waals surface area contributed by atoms with E-state index >= 15 is 0 Å². The van der Waals surface area contributed by atoms with Crippen molar-refractivity contribution in [3.63, 3.8) is 0 Å². The fourth-order valence-corrected chi connectivity index (χ4v) is 2.66. The third-order valence-corrected chi connectivity index (χ3v) is 3.77. The molecule has 22 heavy (non-hydrogen) atoms. The molecule has 0 atom stereocenters. The molecule has 1 heterocycles. The first kappa shape index (κ1) is 14.3. The summed E-state index contributed by atoms with van der Waals surface area (Å²) in [5, 5.41) is 0.973. The number of benzene rings is 2.